The van der Waals surface area contributed by atoms with Gasteiger partial charge in [-0.05, 0) is 30.7 Å². The molecule has 1 fully saturated rings. The summed E-state index contributed by atoms with van der Waals surface area (Å²) in [6, 6.07) is 7.87. The van der Waals surface area contributed by atoms with Crippen molar-refractivity contribution in [1.82, 2.24) is 0 Å². The van der Waals surface area contributed by atoms with Gasteiger partial charge in [0.05, 0.1) is 0 Å². The lowest BCUT2D eigenvalue weighted by Crippen LogP contribution is -1.93. The van der Waals surface area contributed by atoms with Crippen LogP contribution in [0.15, 0.2) is 24.3 Å². The van der Waals surface area contributed by atoms with Crippen molar-refractivity contribution in [2.45, 2.75) is 19.3 Å². The lowest BCUT2D eigenvalue weighted by molar-refractivity contribution is 0.112. The fraction of sp³-hybridized carbons (Fsp3) is 0.364. The Morgan fingerprint density at radius 2 is 2.08 bits per heavy atom. The number of aldehydes is 1. The molecule has 0 spiro atoms. The Balaban J connectivity index is 2.20. The molecule has 1 aromatic rings. The predicted octanol–water partition coefficient (Wildman–Crippen LogP) is 2.45. The molecule has 1 nitrogen and oxygen atoms in total. The molecule has 0 radical (unpaired) electrons. The molecule has 0 saturated heterocycles. The molecule has 0 aromatic heterocycles. The second kappa shape index (κ2) is 3.10. The summed E-state index contributed by atoms with van der Waals surface area (Å²) >= 11 is 0. The van der Waals surface area contributed by atoms with Crippen molar-refractivity contribution in [1.29, 1.82) is 0 Å². The van der Waals surface area contributed by atoms with Gasteiger partial charge in [0.1, 0.15) is 6.29 Å². The van der Waals surface area contributed by atoms with E-state index < -0.39 is 0 Å². The standard InChI is InChI=1S/C11H12O/c12-8-11-4-2-1-3-10(11)7-9-5-6-9/h1-4,8-9H,5-7H2. The van der Waals surface area contributed by atoms with Crippen LogP contribution in [-0.2, 0) is 6.42 Å². The van der Waals surface area contributed by atoms with Crippen LogP contribution in [0, 0.1) is 5.92 Å². The van der Waals surface area contributed by atoms with Gasteiger partial charge in [-0.1, -0.05) is 24.3 Å². The van der Waals surface area contributed by atoms with Gasteiger partial charge in [-0.3, -0.25) is 4.79 Å². The van der Waals surface area contributed by atoms with Crippen molar-refractivity contribution < 1.29 is 4.79 Å². The first-order valence-electron chi connectivity index (χ1n) is 4.43. The molecule has 1 heteroatoms. The Morgan fingerprint density at radius 1 is 1.33 bits per heavy atom. The zero-order valence-corrected chi connectivity index (χ0v) is 6.99. The summed E-state index contributed by atoms with van der Waals surface area (Å²) in [5, 5.41) is 0. The van der Waals surface area contributed by atoms with Gasteiger partial charge in [-0.15, -0.1) is 0 Å². The average Bonchev–Trinajstić information content (AvgIpc) is 2.89. The van der Waals surface area contributed by atoms with Crippen molar-refractivity contribution in [2.75, 3.05) is 0 Å². The maximum Gasteiger partial charge on any atom is 0.150 e. The molecule has 1 aromatic carbocycles. The minimum atomic E-state index is 0.853. The van der Waals surface area contributed by atoms with Crippen LogP contribution in [0.1, 0.15) is 28.8 Å². The molecule has 1 aliphatic carbocycles. The second-order valence-corrected chi connectivity index (χ2v) is 3.46. The van der Waals surface area contributed by atoms with E-state index in [-0.39, 0.29) is 0 Å². The van der Waals surface area contributed by atoms with Gasteiger partial charge >= 0.3 is 0 Å². The highest BCUT2D eigenvalue weighted by atomic mass is 16.1. The zero-order valence-electron chi connectivity index (χ0n) is 6.99. The van der Waals surface area contributed by atoms with Gasteiger partial charge in [-0.25, -0.2) is 0 Å². The van der Waals surface area contributed by atoms with Crippen LogP contribution < -0.4 is 0 Å². The summed E-state index contributed by atoms with van der Waals surface area (Å²) < 4.78 is 0. The molecule has 1 saturated carbocycles. The van der Waals surface area contributed by atoms with Crippen molar-refractivity contribution in [2.24, 2.45) is 5.92 Å². The number of benzene rings is 1. The third kappa shape index (κ3) is 1.55. The monoisotopic (exact) mass is 160 g/mol. The van der Waals surface area contributed by atoms with Gasteiger partial charge in [-0.2, -0.15) is 0 Å². The number of rotatable bonds is 3. The number of hydrogen-bond donors (Lipinski definition) is 0. The largest absolute Gasteiger partial charge is 0.298 e. The fourth-order valence-corrected chi connectivity index (χ4v) is 1.47. The van der Waals surface area contributed by atoms with Crippen molar-refractivity contribution >= 4 is 6.29 Å². The van der Waals surface area contributed by atoms with Crippen LogP contribution in [0.2, 0.25) is 0 Å². The molecule has 0 N–H and O–H groups in total. The van der Waals surface area contributed by atoms with E-state index in [0.717, 1.165) is 24.2 Å². The molecule has 0 heterocycles. The van der Waals surface area contributed by atoms with Crippen LogP contribution in [0.25, 0.3) is 0 Å². The van der Waals surface area contributed by atoms with E-state index in [2.05, 4.69) is 6.07 Å². The third-order valence-corrected chi connectivity index (χ3v) is 2.39. The normalized spacial score (nSPS) is 16.0. The Labute approximate surface area is 72.4 Å². The van der Waals surface area contributed by atoms with Crippen molar-refractivity contribution in [3.05, 3.63) is 35.4 Å². The van der Waals surface area contributed by atoms with Gasteiger partial charge in [0.2, 0.25) is 0 Å². The highest BCUT2D eigenvalue weighted by molar-refractivity contribution is 5.77. The summed E-state index contributed by atoms with van der Waals surface area (Å²) in [6.07, 6.45) is 4.73. The lowest BCUT2D eigenvalue weighted by Gasteiger charge is -2.01. The maximum absolute atomic E-state index is 10.6. The third-order valence-electron chi connectivity index (χ3n) is 2.39. The molecule has 0 aliphatic heterocycles. The molecule has 62 valence electrons. The van der Waals surface area contributed by atoms with Gasteiger partial charge < -0.3 is 0 Å². The Kier molecular flexibility index (Phi) is 1.94. The maximum atomic E-state index is 10.6. The van der Waals surface area contributed by atoms with E-state index in [1.807, 2.05) is 18.2 Å². The molecule has 1 aliphatic rings. The minimum Gasteiger partial charge on any atom is -0.298 e. The molecule has 0 atom stereocenters. The highest BCUT2D eigenvalue weighted by Gasteiger charge is 2.22. The zero-order chi connectivity index (χ0) is 8.39. The molecular weight excluding hydrogens is 148 g/mol. The topological polar surface area (TPSA) is 17.1 Å². The van der Waals surface area contributed by atoms with Crippen molar-refractivity contribution in [3.8, 4) is 0 Å². The van der Waals surface area contributed by atoms with Crippen LogP contribution in [0.3, 0.4) is 0 Å². The molecular formula is C11H12O. The lowest BCUT2D eigenvalue weighted by atomic mass is 10.0. The average molecular weight is 160 g/mol. The molecule has 2 rings (SSSR count). The number of carbonyl (C=O) groups is 1. The van der Waals surface area contributed by atoms with Gasteiger partial charge in [0.25, 0.3) is 0 Å². The fourth-order valence-electron chi connectivity index (χ4n) is 1.47. The SMILES string of the molecule is O=Cc1ccccc1CC1CC1. The van der Waals surface area contributed by atoms with Crippen LogP contribution in [0.4, 0.5) is 0 Å². The molecule has 0 unspecified atom stereocenters. The summed E-state index contributed by atoms with van der Waals surface area (Å²) in [5.41, 5.74) is 2.08. The molecule has 12 heavy (non-hydrogen) atoms. The number of hydrogen-bond acceptors (Lipinski definition) is 1. The van der Waals surface area contributed by atoms with E-state index in [0.29, 0.717) is 0 Å². The first-order chi connectivity index (χ1) is 5.90. The van der Waals surface area contributed by atoms with E-state index >= 15 is 0 Å². The molecule has 0 amide bonds. The first-order valence-corrected chi connectivity index (χ1v) is 4.43. The summed E-state index contributed by atoms with van der Waals surface area (Å²) in [5.74, 6) is 0.853. The summed E-state index contributed by atoms with van der Waals surface area (Å²) in [7, 11) is 0. The minimum absolute atomic E-state index is 0.853. The summed E-state index contributed by atoms with van der Waals surface area (Å²) in [6.45, 7) is 0. The smallest absolute Gasteiger partial charge is 0.150 e. The predicted molar refractivity (Wildman–Crippen MR) is 48.3 cm³/mol. The van der Waals surface area contributed by atoms with Gasteiger partial charge in [0, 0.05) is 5.56 Å². The van der Waals surface area contributed by atoms with Crippen LogP contribution in [-0.4, -0.2) is 6.29 Å². The Hall–Kier alpha value is -1.11. The molecule has 0 bridgehead atoms. The van der Waals surface area contributed by atoms with E-state index in [4.69, 9.17) is 0 Å². The Bertz CT molecular complexity index is 287. The van der Waals surface area contributed by atoms with E-state index in [1.54, 1.807) is 0 Å². The van der Waals surface area contributed by atoms with Crippen molar-refractivity contribution in [3.63, 3.8) is 0 Å². The van der Waals surface area contributed by atoms with Gasteiger partial charge in [0.15, 0.2) is 0 Å². The van der Waals surface area contributed by atoms with E-state index in [9.17, 15) is 4.79 Å². The highest BCUT2D eigenvalue weighted by Crippen LogP contribution is 2.33. The summed E-state index contributed by atoms with van der Waals surface area (Å²) in [4.78, 5) is 10.6. The second-order valence-electron chi connectivity index (χ2n) is 3.46. The number of carbonyl (C=O) groups excluding carboxylic acids is 1. The Morgan fingerprint density at radius 3 is 2.75 bits per heavy atom. The van der Waals surface area contributed by atoms with Crippen LogP contribution in [0.5, 0.6) is 0 Å². The van der Waals surface area contributed by atoms with E-state index in [1.165, 1.54) is 18.4 Å². The quantitative estimate of drug-likeness (QED) is 0.621. The first kappa shape index (κ1) is 7.53. The van der Waals surface area contributed by atoms with Crippen LogP contribution >= 0.6 is 0 Å².